The van der Waals surface area contributed by atoms with E-state index in [0.717, 1.165) is 50.0 Å². The molecule has 2 unspecified atom stereocenters. The molecule has 2 atom stereocenters. The number of hydrogen-bond acceptors (Lipinski definition) is 3. The molecule has 2 N–H and O–H groups in total. The van der Waals surface area contributed by atoms with Gasteiger partial charge in [-0.3, -0.25) is 9.59 Å². The summed E-state index contributed by atoms with van der Waals surface area (Å²) in [7, 11) is 0. The smallest absolute Gasteiger partial charge is 0.254 e. The van der Waals surface area contributed by atoms with Gasteiger partial charge in [-0.25, -0.2) is 0 Å². The van der Waals surface area contributed by atoms with Crippen molar-refractivity contribution in [2.45, 2.75) is 44.2 Å². The number of carbonyl (C=O) groups is 2. The predicted molar refractivity (Wildman–Crippen MR) is 87.2 cm³/mol. The van der Waals surface area contributed by atoms with Crippen LogP contribution >= 0.6 is 0 Å². The lowest BCUT2D eigenvalue weighted by atomic mass is 9.88. The summed E-state index contributed by atoms with van der Waals surface area (Å²) in [6.07, 6.45) is 3.76. The Morgan fingerprint density at radius 1 is 1.13 bits per heavy atom. The Hall–Kier alpha value is -1.88. The van der Waals surface area contributed by atoms with Crippen LogP contribution < -0.4 is 10.6 Å². The summed E-state index contributed by atoms with van der Waals surface area (Å²) in [5, 5.41) is 6.27. The van der Waals surface area contributed by atoms with E-state index in [1.54, 1.807) is 0 Å². The zero-order valence-corrected chi connectivity index (χ0v) is 13.3. The van der Waals surface area contributed by atoms with Crippen molar-refractivity contribution < 1.29 is 9.59 Å². The Bertz CT molecular complexity index is 637. The fourth-order valence-corrected chi connectivity index (χ4v) is 4.08. The molecule has 2 fully saturated rings. The molecule has 0 bridgehead atoms. The first-order valence-corrected chi connectivity index (χ1v) is 8.63. The van der Waals surface area contributed by atoms with Crippen molar-refractivity contribution in [2.24, 2.45) is 0 Å². The maximum absolute atomic E-state index is 12.7. The molecule has 0 aromatic heterocycles. The Labute approximate surface area is 136 Å². The van der Waals surface area contributed by atoms with Crippen LogP contribution in [-0.2, 0) is 11.3 Å². The number of amides is 2. The zero-order valence-electron chi connectivity index (χ0n) is 13.3. The van der Waals surface area contributed by atoms with Gasteiger partial charge in [-0.05, 0) is 48.9 Å². The van der Waals surface area contributed by atoms with Crippen molar-refractivity contribution in [1.82, 2.24) is 15.5 Å². The van der Waals surface area contributed by atoms with Gasteiger partial charge in [0, 0.05) is 37.7 Å². The average Bonchev–Trinajstić information content (AvgIpc) is 2.92. The molecule has 3 aliphatic heterocycles. The number of benzene rings is 1. The van der Waals surface area contributed by atoms with E-state index in [-0.39, 0.29) is 17.7 Å². The summed E-state index contributed by atoms with van der Waals surface area (Å²) in [5.74, 6) is 0.587. The molecule has 1 aromatic carbocycles. The molecule has 0 spiro atoms. The molecule has 3 aliphatic rings. The topological polar surface area (TPSA) is 61.4 Å². The molecule has 1 aromatic rings. The van der Waals surface area contributed by atoms with Gasteiger partial charge in [-0.15, -0.1) is 0 Å². The zero-order chi connectivity index (χ0) is 15.8. The van der Waals surface area contributed by atoms with Crippen LogP contribution in [0.3, 0.4) is 0 Å². The lowest BCUT2D eigenvalue weighted by Gasteiger charge is -2.31. The standard InChI is InChI=1S/C18H23N3O2/c22-17-9-13(5-7-20-17)12-3-4-16-14(8-12)11-21(18(16)23)15-2-1-6-19-10-15/h3-4,8,13,15,19H,1-2,5-7,9-11H2,(H,20,22). The minimum absolute atomic E-state index is 0.132. The van der Waals surface area contributed by atoms with Gasteiger partial charge >= 0.3 is 0 Å². The lowest BCUT2D eigenvalue weighted by Crippen LogP contribution is -2.46. The minimum Gasteiger partial charge on any atom is -0.356 e. The van der Waals surface area contributed by atoms with E-state index in [0.29, 0.717) is 19.0 Å². The van der Waals surface area contributed by atoms with Gasteiger partial charge in [0.25, 0.3) is 5.91 Å². The highest BCUT2D eigenvalue weighted by molar-refractivity contribution is 5.98. The molecule has 5 heteroatoms. The molecular weight excluding hydrogens is 290 g/mol. The van der Waals surface area contributed by atoms with Crippen molar-refractivity contribution in [1.29, 1.82) is 0 Å². The number of piperidine rings is 2. The normalized spacial score (nSPS) is 27.7. The van der Waals surface area contributed by atoms with Crippen LogP contribution in [0.25, 0.3) is 0 Å². The average molecular weight is 313 g/mol. The Morgan fingerprint density at radius 2 is 2.04 bits per heavy atom. The Kier molecular flexibility index (Phi) is 3.81. The number of nitrogens with one attached hydrogen (secondary N) is 2. The first-order chi connectivity index (χ1) is 11.2. The summed E-state index contributed by atoms with van der Waals surface area (Å²) >= 11 is 0. The van der Waals surface area contributed by atoms with Crippen molar-refractivity contribution in [3.05, 3.63) is 34.9 Å². The van der Waals surface area contributed by atoms with Crippen molar-refractivity contribution in [3.8, 4) is 0 Å². The van der Waals surface area contributed by atoms with Crippen molar-refractivity contribution >= 4 is 11.8 Å². The quantitative estimate of drug-likeness (QED) is 0.867. The van der Waals surface area contributed by atoms with Crippen LogP contribution in [0.2, 0.25) is 0 Å². The van der Waals surface area contributed by atoms with E-state index in [2.05, 4.69) is 16.7 Å². The summed E-state index contributed by atoms with van der Waals surface area (Å²) < 4.78 is 0. The highest BCUT2D eigenvalue weighted by Gasteiger charge is 2.34. The Morgan fingerprint density at radius 3 is 2.83 bits per heavy atom. The predicted octanol–water partition coefficient (Wildman–Crippen LogP) is 1.39. The molecule has 2 saturated heterocycles. The van der Waals surface area contributed by atoms with Gasteiger partial charge in [-0.2, -0.15) is 0 Å². The van der Waals surface area contributed by atoms with Crippen LogP contribution in [0.15, 0.2) is 18.2 Å². The fourth-order valence-electron chi connectivity index (χ4n) is 4.08. The van der Waals surface area contributed by atoms with Gasteiger partial charge in [0.2, 0.25) is 5.91 Å². The van der Waals surface area contributed by atoms with Gasteiger partial charge in [0.15, 0.2) is 0 Å². The highest BCUT2D eigenvalue weighted by atomic mass is 16.2. The second-order valence-corrected chi connectivity index (χ2v) is 6.89. The lowest BCUT2D eigenvalue weighted by molar-refractivity contribution is -0.122. The molecule has 2 amide bonds. The molecule has 3 heterocycles. The molecule has 4 rings (SSSR count). The fraction of sp³-hybridized carbons (Fsp3) is 0.556. The molecule has 0 aliphatic carbocycles. The van der Waals surface area contributed by atoms with E-state index in [9.17, 15) is 9.59 Å². The van der Waals surface area contributed by atoms with E-state index in [1.807, 2.05) is 17.0 Å². The summed E-state index contributed by atoms with van der Waals surface area (Å²) in [6.45, 7) is 3.42. The first-order valence-electron chi connectivity index (χ1n) is 8.63. The summed E-state index contributed by atoms with van der Waals surface area (Å²) in [6, 6.07) is 6.48. The largest absolute Gasteiger partial charge is 0.356 e. The molecule has 0 saturated carbocycles. The minimum atomic E-state index is 0.132. The number of rotatable bonds is 2. The number of fused-ring (bicyclic) bond motifs is 1. The van der Waals surface area contributed by atoms with Crippen LogP contribution in [0, 0.1) is 0 Å². The molecule has 0 radical (unpaired) electrons. The summed E-state index contributed by atoms with van der Waals surface area (Å²) in [4.78, 5) is 26.3. The molecule has 23 heavy (non-hydrogen) atoms. The van der Waals surface area contributed by atoms with Gasteiger partial charge in [0.05, 0.1) is 0 Å². The van der Waals surface area contributed by atoms with Gasteiger partial charge < -0.3 is 15.5 Å². The van der Waals surface area contributed by atoms with E-state index >= 15 is 0 Å². The van der Waals surface area contributed by atoms with Crippen LogP contribution in [0.5, 0.6) is 0 Å². The van der Waals surface area contributed by atoms with Gasteiger partial charge in [-0.1, -0.05) is 12.1 Å². The third-order valence-corrected chi connectivity index (χ3v) is 5.39. The van der Waals surface area contributed by atoms with Crippen molar-refractivity contribution in [2.75, 3.05) is 19.6 Å². The molecule has 122 valence electrons. The molecular formula is C18H23N3O2. The monoisotopic (exact) mass is 313 g/mol. The van der Waals surface area contributed by atoms with Gasteiger partial charge in [0.1, 0.15) is 0 Å². The number of carbonyl (C=O) groups excluding carboxylic acids is 2. The second-order valence-electron chi connectivity index (χ2n) is 6.89. The maximum atomic E-state index is 12.7. The van der Waals surface area contributed by atoms with Crippen molar-refractivity contribution in [3.63, 3.8) is 0 Å². The number of nitrogens with zero attached hydrogens (tertiary/aromatic N) is 1. The van der Waals surface area contributed by atoms with Crippen LogP contribution in [0.1, 0.15) is 53.1 Å². The summed E-state index contributed by atoms with van der Waals surface area (Å²) in [5.41, 5.74) is 3.18. The third kappa shape index (κ3) is 2.74. The highest BCUT2D eigenvalue weighted by Crippen LogP contribution is 2.32. The SMILES string of the molecule is O=C1CC(c2ccc3c(c2)CN(C2CCCNC2)C3=O)CCN1. The first kappa shape index (κ1) is 14.7. The maximum Gasteiger partial charge on any atom is 0.254 e. The Balaban J connectivity index is 1.55. The van der Waals surface area contributed by atoms with Crippen LogP contribution in [-0.4, -0.2) is 42.4 Å². The van der Waals surface area contributed by atoms with Crippen LogP contribution in [0.4, 0.5) is 0 Å². The molecule has 5 nitrogen and oxygen atoms in total. The number of hydrogen-bond donors (Lipinski definition) is 2. The third-order valence-electron chi connectivity index (χ3n) is 5.39. The second kappa shape index (κ2) is 5.96. The van der Waals surface area contributed by atoms with E-state index in [4.69, 9.17) is 0 Å². The van der Waals surface area contributed by atoms with E-state index in [1.165, 1.54) is 5.56 Å². The van der Waals surface area contributed by atoms with E-state index < -0.39 is 0 Å².